The molecule has 1 N–H and O–H groups in total. The van der Waals surface area contributed by atoms with Crippen molar-refractivity contribution in [1.82, 2.24) is 10.3 Å². The quantitative estimate of drug-likeness (QED) is 0.257. The summed E-state index contributed by atoms with van der Waals surface area (Å²) in [6, 6.07) is 20.6. The predicted octanol–water partition coefficient (Wildman–Crippen LogP) is 4.14. The van der Waals surface area contributed by atoms with Gasteiger partial charge in [-0.1, -0.05) is 60.7 Å². The van der Waals surface area contributed by atoms with Crippen molar-refractivity contribution in [2.24, 2.45) is 5.92 Å². The molecule has 0 aliphatic heterocycles. The second kappa shape index (κ2) is 14.5. The number of methoxy groups -OCH3 is 1. The van der Waals surface area contributed by atoms with E-state index < -0.39 is 36.8 Å². The molecule has 39 heavy (non-hydrogen) atoms. The second-order valence-electron chi connectivity index (χ2n) is 9.07. The molecule has 0 fully saturated rings. The van der Waals surface area contributed by atoms with E-state index in [0.717, 1.165) is 24.0 Å². The van der Waals surface area contributed by atoms with Gasteiger partial charge in [-0.15, -0.1) is 0 Å². The highest BCUT2D eigenvalue weighted by Crippen LogP contribution is 2.29. The number of benzene rings is 2. The average Bonchev–Trinajstić information content (AvgIpc) is 2.93. The van der Waals surface area contributed by atoms with Crippen LogP contribution in [0.3, 0.4) is 0 Å². The fourth-order valence-corrected chi connectivity index (χ4v) is 4.01. The Morgan fingerprint density at radius 3 is 2.03 bits per heavy atom. The largest absolute Gasteiger partial charge is 0.493 e. The highest BCUT2D eigenvalue weighted by atomic mass is 16.7. The Morgan fingerprint density at radius 2 is 1.49 bits per heavy atom. The van der Waals surface area contributed by atoms with Gasteiger partial charge < -0.3 is 24.3 Å². The van der Waals surface area contributed by atoms with Crippen LogP contribution in [0.25, 0.3) is 0 Å². The van der Waals surface area contributed by atoms with Gasteiger partial charge >= 0.3 is 11.9 Å². The summed E-state index contributed by atoms with van der Waals surface area (Å²) in [5, 5.41) is 2.61. The maximum Gasteiger partial charge on any atom is 0.328 e. The molecule has 1 amide bonds. The molecule has 1 heterocycles. The van der Waals surface area contributed by atoms with Crippen molar-refractivity contribution in [2.45, 2.75) is 45.8 Å². The van der Waals surface area contributed by atoms with Crippen LogP contribution in [0.1, 0.15) is 42.4 Å². The Hall–Kier alpha value is -4.40. The number of hydrogen-bond donors (Lipinski definition) is 1. The first-order valence-corrected chi connectivity index (χ1v) is 12.7. The van der Waals surface area contributed by atoms with Crippen molar-refractivity contribution >= 4 is 17.8 Å². The Kier molecular flexibility index (Phi) is 10.9. The number of rotatable bonds is 13. The number of esters is 2. The lowest BCUT2D eigenvalue weighted by molar-refractivity contribution is -0.152. The van der Waals surface area contributed by atoms with Crippen molar-refractivity contribution < 1.29 is 33.3 Å². The van der Waals surface area contributed by atoms with Crippen LogP contribution in [-0.2, 0) is 31.9 Å². The molecule has 0 radical (unpaired) electrons. The lowest BCUT2D eigenvalue weighted by atomic mass is 9.88. The van der Waals surface area contributed by atoms with E-state index in [9.17, 15) is 14.4 Å². The van der Waals surface area contributed by atoms with Crippen molar-refractivity contribution in [3.8, 4) is 11.5 Å². The Labute approximate surface area is 228 Å². The van der Waals surface area contributed by atoms with Crippen molar-refractivity contribution in [3.05, 3.63) is 89.7 Å². The molecule has 2 aromatic carbocycles. The zero-order valence-electron chi connectivity index (χ0n) is 22.6. The molecule has 0 spiro atoms. The summed E-state index contributed by atoms with van der Waals surface area (Å²) in [4.78, 5) is 41.2. The molecule has 0 saturated heterocycles. The molecule has 3 rings (SSSR count). The number of amides is 1. The Balaban J connectivity index is 1.68. The maximum atomic E-state index is 13.0. The number of nitrogens with one attached hydrogen (secondary N) is 1. The summed E-state index contributed by atoms with van der Waals surface area (Å²) in [5.41, 5.74) is 2.17. The molecule has 0 saturated carbocycles. The molecule has 206 valence electrons. The number of hydrogen-bond acceptors (Lipinski definition) is 8. The third-order valence-electron chi connectivity index (χ3n) is 6.12. The van der Waals surface area contributed by atoms with Crippen LogP contribution in [0.5, 0.6) is 11.5 Å². The second-order valence-corrected chi connectivity index (χ2v) is 9.07. The number of aromatic nitrogens is 1. The first kappa shape index (κ1) is 29.2. The van der Waals surface area contributed by atoms with Crippen LogP contribution in [0.4, 0.5) is 0 Å². The monoisotopic (exact) mass is 534 g/mol. The summed E-state index contributed by atoms with van der Waals surface area (Å²) >= 11 is 0. The van der Waals surface area contributed by atoms with Crippen molar-refractivity contribution in [3.63, 3.8) is 0 Å². The highest BCUT2D eigenvalue weighted by Gasteiger charge is 2.27. The normalized spacial score (nSPS) is 12.2. The van der Waals surface area contributed by atoms with Crippen LogP contribution in [-0.4, -0.2) is 48.9 Å². The lowest BCUT2D eigenvalue weighted by Gasteiger charge is -2.26. The third kappa shape index (κ3) is 8.84. The van der Waals surface area contributed by atoms with Crippen LogP contribution < -0.4 is 14.8 Å². The van der Waals surface area contributed by atoms with Gasteiger partial charge in [0.05, 0.1) is 7.11 Å². The number of carbonyl (C=O) groups is 3. The van der Waals surface area contributed by atoms with Gasteiger partial charge in [0.1, 0.15) is 12.1 Å². The van der Waals surface area contributed by atoms with E-state index in [1.165, 1.54) is 33.2 Å². The molecule has 3 aromatic rings. The summed E-state index contributed by atoms with van der Waals surface area (Å²) < 4.78 is 21.3. The SMILES string of the molecule is COc1ccnc(C(=O)N[C@@H](C)C(=O)OC(C)C(Cc2ccccc2)Cc2ccccc2)c1OCOC(C)=O. The summed E-state index contributed by atoms with van der Waals surface area (Å²) in [5.74, 6) is -1.58. The number of pyridine rings is 1. The third-order valence-corrected chi connectivity index (χ3v) is 6.12. The standard InChI is InChI=1S/C30H34N2O7/c1-20(32-29(34)27-28(38-19-37-22(3)33)26(36-4)15-16-31-27)30(35)39-21(2)25(17-23-11-7-5-8-12-23)18-24-13-9-6-10-14-24/h5-16,20-21,25H,17-19H2,1-4H3,(H,32,34)/t20-,21?/m0/s1. The molecule has 0 aliphatic rings. The maximum absolute atomic E-state index is 13.0. The summed E-state index contributed by atoms with van der Waals surface area (Å²) in [7, 11) is 1.40. The van der Waals surface area contributed by atoms with E-state index >= 15 is 0 Å². The van der Waals surface area contributed by atoms with Gasteiger partial charge in [-0.2, -0.15) is 0 Å². The summed E-state index contributed by atoms with van der Waals surface area (Å²) in [6.45, 7) is 4.20. The lowest BCUT2D eigenvalue weighted by Crippen LogP contribution is -2.42. The fourth-order valence-electron chi connectivity index (χ4n) is 4.01. The summed E-state index contributed by atoms with van der Waals surface area (Å²) in [6.07, 6.45) is 2.40. The topological polar surface area (TPSA) is 113 Å². The molecule has 0 aliphatic carbocycles. The van der Waals surface area contributed by atoms with E-state index in [1.807, 2.05) is 43.3 Å². The minimum atomic E-state index is -0.969. The zero-order valence-corrected chi connectivity index (χ0v) is 22.6. The van der Waals surface area contributed by atoms with Crippen LogP contribution in [0, 0.1) is 5.92 Å². The van der Waals surface area contributed by atoms with Gasteiger partial charge in [0, 0.05) is 25.1 Å². The molecular formula is C30H34N2O7. The predicted molar refractivity (Wildman–Crippen MR) is 144 cm³/mol. The van der Waals surface area contributed by atoms with Gasteiger partial charge in [0.2, 0.25) is 6.79 Å². The minimum absolute atomic E-state index is 0.0153. The number of carbonyl (C=O) groups excluding carboxylic acids is 3. The molecule has 9 nitrogen and oxygen atoms in total. The minimum Gasteiger partial charge on any atom is -0.493 e. The zero-order chi connectivity index (χ0) is 28.2. The van der Waals surface area contributed by atoms with Gasteiger partial charge in [0.25, 0.3) is 5.91 Å². The number of nitrogens with zero attached hydrogens (tertiary/aromatic N) is 1. The van der Waals surface area contributed by atoms with E-state index in [0.29, 0.717) is 0 Å². The first-order chi connectivity index (χ1) is 18.8. The first-order valence-electron chi connectivity index (χ1n) is 12.7. The molecule has 9 heteroatoms. The molecular weight excluding hydrogens is 500 g/mol. The van der Waals surface area contributed by atoms with Crippen LogP contribution in [0.15, 0.2) is 72.9 Å². The molecule has 1 unspecified atom stereocenters. The highest BCUT2D eigenvalue weighted by molar-refractivity contribution is 5.98. The van der Waals surface area contributed by atoms with Crippen LogP contribution in [0.2, 0.25) is 0 Å². The van der Waals surface area contributed by atoms with Crippen molar-refractivity contribution in [1.29, 1.82) is 0 Å². The van der Waals surface area contributed by atoms with Gasteiger partial charge in [-0.25, -0.2) is 9.78 Å². The number of ether oxygens (including phenoxy) is 4. The van der Waals surface area contributed by atoms with Crippen molar-refractivity contribution in [2.75, 3.05) is 13.9 Å². The Bertz CT molecular complexity index is 1190. The Morgan fingerprint density at radius 1 is 0.897 bits per heavy atom. The average molecular weight is 535 g/mol. The van der Waals surface area contributed by atoms with Gasteiger partial charge in [-0.3, -0.25) is 9.59 Å². The van der Waals surface area contributed by atoms with Gasteiger partial charge in [0.15, 0.2) is 17.2 Å². The van der Waals surface area contributed by atoms with E-state index in [4.69, 9.17) is 18.9 Å². The van der Waals surface area contributed by atoms with E-state index in [1.54, 1.807) is 0 Å². The molecule has 1 aromatic heterocycles. The smallest absolute Gasteiger partial charge is 0.328 e. The van der Waals surface area contributed by atoms with E-state index in [2.05, 4.69) is 34.6 Å². The molecule has 2 atom stereocenters. The van der Waals surface area contributed by atoms with E-state index in [-0.39, 0.29) is 23.1 Å². The molecule has 0 bridgehead atoms. The fraction of sp³-hybridized carbons (Fsp3) is 0.333. The van der Waals surface area contributed by atoms with Crippen LogP contribution >= 0.6 is 0 Å². The van der Waals surface area contributed by atoms with Gasteiger partial charge in [-0.05, 0) is 37.8 Å².